The van der Waals surface area contributed by atoms with Gasteiger partial charge < -0.3 is 0 Å². The Kier molecular flexibility index (Phi) is 26.0. The summed E-state index contributed by atoms with van der Waals surface area (Å²) in [6, 6.07) is 11.4. The van der Waals surface area contributed by atoms with Gasteiger partial charge in [-0.2, -0.15) is 0 Å². The van der Waals surface area contributed by atoms with Gasteiger partial charge in [0.05, 0.1) is 0 Å². The van der Waals surface area contributed by atoms with Crippen molar-refractivity contribution in [2.24, 2.45) is 0 Å². The van der Waals surface area contributed by atoms with E-state index in [-0.39, 0.29) is 6.61 Å². The minimum atomic E-state index is -3.36. The number of benzene rings is 2. The van der Waals surface area contributed by atoms with E-state index in [2.05, 4.69) is 78.0 Å². The van der Waals surface area contributed by atoms with Crippen LogP contribution in [0.5, 0.6) is 17.2 Å². The number of rotatable bonds is 31. The minimum absolute atomic E-state index is 0.256. The number of ether oxygens (including phenoxy) is 4. The zero-order valence-electron chi connectivity index (χ0n) is 38.1. The van der Waals surface area contributed by atoms with Crippen LogP contribution in [0.4, 0.5) is 0 Å². The molecule has 6 nitrogen and oxygen atoms in total. The molecule has 0 aliphatic rings. The maximum atomic E-state index is 13.9. The second-order valence-electron chi connectivity index (χ2n) is 16.3. The van der Waals surface area contributed by atoms with Crippen molar-refractivity contribution in [3.63, 3.8) is 0 Å². The Morgan fingerprint density at radius 2 is 1.05 bits per heavy atom. The van der Waals surface area contributed by atoms with Crippen molar-refractivity contribution in [2.75, 3.05) is 35.0 Å². The molecule has 2 rings (SSSR count). The number of hydrogen-bond acceptors (Lipinski definition) is 6. The van der Waals surface area contributed by atoms with E-state index in [9.17, 15) is 9.90 Å². The summed E-state index contributed by atoms with van der Waals surface area (Å²) in [5.74, 6) is 1.14. The topological polar surface area (TPSA) is 74.2 Å². The molecule has 2 aromatic rings. The van der Waals surface area contributed by atoms with Crippen molar-refractivity contribution in [3.8, 4) is 17.2 Å². The van der Waals surface area contributed by atoms with Crippen molar-refractivity contribution in [2.45, 2.75) is 164 Å². The molecule has 0 radical (unpaired) electrons. The molecular weight excluding hydrogens is 922 g/mol. The number of aliphatic hydroxyl groups excluding tert-OH is 1. The normalized spacial score (nSPS) is 12.5. The molecule has 2 aromatic carbocycles. The Morgan fingerprint density at radius 1 is 0.596 bits per heavy atom. The number of allylic oxidation sites excluding steroid dienone is 1. The summed E-state index contributed by atoms with van der Waals surface area (Å²) >= 11 is -6.19. The van der Waals surface area contributed by atoms with E-state index in [0.717, 1.165) is 44.1 Å². The number of carbonyl (C=O) groups excluding carboxylic acids is 1. The monoisotopic (exact) mass is 1010 g/mol. The summed E-state index contributed by atoms with van der Waals surface area (Å²) in [5, 5.41) is 9.64. The van der Waals surface area contributed by atoms with Crippen LogP contribution >= 0.6 is 0 Å². The van der Waals surface area contributed by atoms with Crippen molar-refractivity contribution in [3.05, 3.63) is 58.7 Å². The van der Waals surface area contributed by atoms with Gasteiger partial charge in [-0.05, 0) is 0 Å². The number of unbranched alkanes of at least 4 members (excludes halogenated alkanes) is 8. The number of methoxy groups -OCH3 is 4. The third kappa shape index (κ3) is 14.8. The van der Waals surface area contributed by atoms with Gasteiger partial charge in [-0.25, -0.2) is 0 Å². The summed E-state index contributed by atoms with van der Waals surface area (Å²) < 4.78 is 34.5. The number of aliphatic hydroxyl groups is 1. The molecule has 0 saturated heterocycles. The molecular formula is C49H82O6Sn2. The molecule has 0 bridgehead atoms. The van der Waals surface area contributed by atoms with Gasteiger partial charge in [-0.15, -0.1) is 0 Å². The van der Waals surface area contributed by atoms with Crippen molar-refractivity contribution in [1.29, 1.82) is 0 Å². The van der Waals surface area contributed by atoms with Crippen LogP contribution in [0.25, 0.3) is 13.3 Å². The van der Waals surface area contributed by atoms with Crippen LogP contribution in [0.1, 0.15) is 165 Å². The molecule has 57 heavy (non-hydrogen) atoms. The SMILES string of the molecule is CCC[CH2][Sn]([CH2]CCC)([CH2]CCC)/[C](=C/CCCCO)c1ccc(/C=[C](\c2c(C(=O)OC)cc(OC)c(OC)c2OC)[Sn]([CH2]CCC)([CH2]CCC)[CH2]CCC)cc1. The van der Waals surface area contributed by atoms with Crippen molar-refractivity contribution < 1.29 is 28.8 Å². The molecule has 0 saturated carbocycles. The summed E-state index contributed by atoms with van der Waals surface area (Å²) in [5.41, 5.74) is 3.90. The van der Waals surface area contributed by atoms with Crippen LogP contribution in [0.15, 0.2) is 36.4 Å². The summed E-state index contributed by atoms with van der Waals surface area (Å²) in [7, 11) is 6.39. The molecule has 0 fully saturated rings. The molecule has 8 heteroatoms. The summed E-state index contributed by atoms with van der Waals surface area (Å²) in [6.45, 7) is 14.2. The van der Waals surface area contributed by atoms with Gasteiger partial charge in [0.1, 0.15) is 0 Å². The van der Waals surface area contributed by atoms with Crippen molar-refractivity contribution in [1.82, 2.24) is 0 Å². The zero-order chi connectivity index (χ0) is 42.1. The fourth-order valence-electron chi connectivity index (χ4n) is 8.90. The van der Waals surface area contributed by atoms with E-state index < -0.39 is 42.7 Å². The van der Waals surface area contributed by atoms with Gasteiger partial charge in [0, 0.05) is 0 Å². The second-order valence-corrected chi connectivity index (χ2v) is 42.5. The van der Waals surface area contributed by atoms with Gasteiger partial charge in [-0.1, -0.05) is 0 Å². The Morgan fingerprint density at radius 3 is 1.44 bits per heavy atom. The Balaban J connectivity index is 3.13. The summed E-state index contributed by atoms with van der Waals surface area (Å²) in [4.78, 5) is 13.9. The van der Waals surface area contributed by atoms with E-state index in [0.29, 0.717) is 22.8 Å². The number of carbonyl (C=O) groups is 1. The number of esters is 1. The fraction of sp³-hybridized carbons (Fsp3) is 0.653. The first-order chi connectivity index (χ1) is 27.7. The molecule has 0 aliphatic heterocycles. The third-order valence-electron chi connectivity index (χ3n) is 12.2. The van der Waals surface area contributed by atoms with Crippen LogP contribution < -0.4 is 14.2 Å². The van der Waals surface area contributed by atoms with E-state index in [4.69, 9.17) is 18.9 Å². The first kappa shape index (κ1) is 51.5. The first-order valence-corrected chi connectivity index (χ1v) is 37.7. The van der Waals surface area contributed by atoms with Gasteiger partial charge >= 0.3 is 360 Å². The summed E-state index contributed by atoms with van der Waals surface area (Å²) in [6.07, 6.45) is 22.6. The zero-order valence-corrected chi connectivity index (χ0v) is 43.8. The van der Waals surface area contributed by atoms with E-state index >= 15 is 0 Å². The molecule has 0 heterocycles. The van der Waals surface area contributed by atoms with Gasteiger partial charge in [0.25, 0.3) is 0 Å². The number of hydrogen-bond donors (Lipinski definition) is 1. The first-order valence-electron chi connectivity index (χ1n) is 22.8. The van der Waals surface area contributed by atoms with E-state index in [1.54, 1.807) is 31.0 Å². The molecule has 0 atom stereocenters. The molecule has 0 spiro atoms. The predicted octanol–water partition coefficient (Wildman–Crippen LogP) is 14.4. The average Bonchev–Trinajstić information content (AvgIpc) is 3.24. The predicted molar refractivity (Wildman–Crippen MR) is 250 cm³/mol. The van der Waals surface area contributed by atoms with Crippen LogP contribution in [-0.4, -0.2) is 82.9 Å². The van der Waals surface area contributed by atoms with Gasteiger partial charge in [-0.3, -0.25) is 0 Å². The van der Waals surface area contributed by atoms with Crippen molar-refractivity contribution >= 4 is 56.0 Å². The Bertz CT molecular complexity index is 1450. The van der Waals surface area contributed by atoms with Crippen LogP contribution in [0.3, 0.4) is 0 Å². The molecule has 0 unspecified atom stereocenters. The van der Waals surface area contributed by atoms with Crippen LogP contribution in [0.2, 0.25) is 26.6 Å². The average molecular weight is 1000 g/mol. The molecule has 322 valence electrons. The Hall–Kier alpha value is -1.65. The Labute approximate surface area is 357 Å². The van der Waals surface area contributed by atoms with Crippen LogP contribution in [0, 0.1) is 0 Å². The van der Waals surface area contributed by atoms with E-state index in [1.807, 2.05) is 0 Å². The fourth-order valence-corrected chi connectivity index (χ4v) is 42.9. The van der Waals surface area contributed by atoms with Gasteiger partial charge in [0.15, 0.2) is 0 Å². The van der Waals surface area contributed by atoms with E-state index in [1.165, 1.54) is 106 Å². The molecule has 0 aliphatic carbocycles. The van der Waals surface area contributed by atoms with Gasteiger partial charge in [0.2, 0.25) is 0 Å². The quantitative estimate of drug-likeness (QED) is 0.0351. The third-order valence-corrected chi connectivity index (χ3v) is 43.7. The molecule has 1 N–H and O–H groups in total. The maximum absolute atomic E-state index is 13.9. The standard InChI is InChI=1S/C25H28O6.6C4H9.2Sn/c1-28-22-17-21(25(27)31-4)20(23(29-2)24(22)30-3)15-14-19-12-10-18(11-13-19)9-7-5-6-8-16-26;6*1-3-4-2;;/h7,10-14,17,26H,5-6,8,16H2,1-4H3;6*1,3-4H2,2H3;;. The second kappa shape index (κ2) is 28.7. The van der Waals surface area contributed by atoms with Crippen LogP contribution in [-0.2, 0) is 4.74 Å². The molecule has 0 aromatic heterocycles. The molecule has 0 amide bonds.